The molecule has 0 saturated heterocycles. The molecule has 0 aliphatic carbocycles. The van der Waals surface area contributed by atoms with Gasteiger partial charge in [0.05, 0.1) is 11.4 Å². The van der Waals surface area contributed by atoms with E-state index in [-0.39, 0.29) is 0 Å². The van der Waals surface area contributed by atoms with Gasteiger partial charge in [0.25, 0.3) is 0 Å². The fraction of sp³-hybridized carbons (Fsp3) is 0.208. The Labute approximate surface area is 298 Å². The molecule has 0 aliphatic rings. The number of hydrogen-bond acceptors (Lipinski definition) is 2. The minimum absolute atomic E-state index is 1.10. The van der Waals surface area contributed by atoms with Crippen molar-refractivity contribution in [1.82, 2.24) is 0 Å². The van der Waals surface area contributed by atoms with Crippen molar-refractivity contribution in [3.8, 4) is 0 Å². The Morgan fingerprint density at radius 1 is 0.360 bits per heavy atom. The fourth-order valence-corrected chi connectivity index (χ4v) is 7.14. The predicted octanol–water partition coefficient (Wildman–Crippen LogP) is 14.2. The van der Waals surface area contributed by atoms with Gasteiger partial charge in [0.15, 0.2) is 0 Å². The Balaban J connectivity index is 1.58. The molecule has 0 aromatic heterocycles. The molecule has 0 saturated carbocycles. The summed E-state index contributed by atoms with van der Waals surface area (Å²) < 4.78 is 0. The molecule has 0 unspecified atom stereocenters. The van der Waals surface area contributed by atoms with Gasteiger partial charge in [-0.2, -0.15) is 0 Å². The van der Waals surface area contributed by atoms with Crippen molar-refractivity contribution in [2.75, 3.05) is 9.80 Å². The molecule has 50 heavy (non-hydrogen) atoms. The Morgan fingerprint density at radius 3 is 0.980 bits per heavy atom. The lowest BCUT2D eigenvalue weighted by Gasteiger charge is -2.35. The second-order valence-corrected chi connectivity index (χ2v) is 13.7. The topological polar surface area (TPSA) is 6.48 Å². The van der Waals surface area contributed by atoms with Crippen LogP contribution in [0.1, 0.15) is 61.8 Å². The van der Waals surface area contributed by atoms with Crippen LogP contribution in [0.15, 0.2) is 146 Å². The summed E-state index contributed by atoms with van der Waals surface area (Å²) in [4.78, 5) is 4.98. The van der Waals surface area contributed by atoms with E-state index in [9.17, 15) is 0 Å². The van der Waals surface area contributed by atoms with Gasteiger partial charge in [-0.25, -0.2) is 0 Å². The van der Waals surface area contributed by atoms with Crippen LogP contribution < -0.4 is 9.80 Å². The summed E-state index contributed by atoms with van der Waals surface area (Å²) in [5.41, 5.74) is 12.2. The average Bonchev–Trinajstić information content (AvgIpc) is 3.16. The van der Waals surface area contributed by atoms with Gasteiger partial charge in [-0.3, -0.25) is 0 Å². The summed E-state index contributed by atoms with van der Waals surface area (Å²) in [7, 11) is 0. The monoisotopic (exact) mass is 652 g/mol. The van der Waals surface area contributed by atoms with Crippen LogP contribution in [0.3, 0.4) is 0 Å². The SMILES string of the molecule is CCCCc1ccc(N(c2ccc(CCCC)cc2)c2c(N(c3ccc(C)cc3)c3ccc(C)cc3)c3ccccc3c3ccccc23)cc1. The van der Waals surface area contributed by atoms with E-state index in [4.69, 9.17) is 0 Å². The number of fused-ring (bicyclic) bond motifs is 3. The maximum absolute atomic E-state index is 2.51. The van der Waals surface area contributed by atoms with E-state index >= 15 is 0 Å². The van der Waals surface area contributed by atoms with Crippen LogP contribution in [0.5, 0.6) is 0 Å². The number of nitrogens with zero attached hydrogens (tertiary/aromatic N) is 2. The molecule has 250 valence electrons. The van der Waals surface area contributed by atoms with Gasteiger partial charge < -0.3 is 9.80 Å². The van der Waals surface area contributed by atoms with Gasteiger partial charge in [0.1, 0.15) is 0 Å². The largest absolute Gasteiger partial charge is 0.308 e. The molecule has 0 fully saturated rings. The van der Waals surface area contributed by atoms with Crippen LogP contribution in [0.2, 0.25) is 0 Å². The molecule has 0 bridgehead atoms. The van der Waals surface area contributed by atoms with Crippen LogP contribution in [-0.2, 0) is 12.8 Å². The standard InChI is InChI=1S/C48H48N2/c1-5-7-13-37-23-31-41(32-24-37)50(42-33-25-38(26-34-42)14-8-6-2)48-46-18-12-10-16-44(46)43-15-9-11-17-45(43)47(48)49(39-27-19-35(3)20-28-39)40-29-21-36(4)22-30-40/h9-12,15-34H,5-8,13-14H2,1-4H3. The maximum Gasteiger partial charge on any atom is 0.0788 e. The van der Waals surface area contributed by atoms with Crippen LogP contribution in [0, 0.1) is 13.8 Å². The van der Waals surface area contributed by atoms with E-state index in [1.807, 2.05) is 0 Å². The highest BCUT2D eigenvalue weighted by molar-refractivity contribution is 6.23. The van der Waals surface area contributed by atoms with Gasteiger partial charge in [0.2, 0.25) is 0 Å². The summed E-state index contributed by atoms with van der Waals surface area (Å²) >= 11 is 0. The first kappa shape index (κ1) is 33.2. The second-order valence-electron chi connectivity index (χ2n) is 13.7. The number of hydrogen-bond donors (Lipinski definition) is 0. The van der Waals surface area contributed by atoms with Gasteiger partial charge >= 0.3 is 0 Å². The molecule has 0 atom stereocenters. The Morgan fingerprint density at radius 2 is 0.660 bits per heavy atom. The maximum atomic E-state index is 2.51. The summed E-state index contributed by atoms with van der Waals surface area (Å²) in [6, 6.07) is 54.4. The van der Waals surface area contributed by atoms with E-state index < -0.39 is 0 Å². The summed E-state index contributed by atoms with van der Waals surface area (Å²) in [5, 5.41) is 4.93. The highest BCUT2D eigenvalue weighted by Gasteiger charge is 2.27. The molecule has 0 heterocycles. The van der Waals surface area contributed by atoms with Crippen molar-refractivity contribution in [3.63, 3.8) is 0 Å². The van der Waals surface area contributed by atoms with E-state index in [0.717, 1.165) is 41.3 Å². The van der Waals surface area contributed by atoms with Gasteiger partial charge in [-0.05, 0) is 110 Å². The third-order valence-electron chi connectivity index (χ3n) is 9.94. The molecule has 7 aromatic rings. The summed E-state index contributed by atoms with van der Waals surface area (Å²) in [6.07, 6.45) is 6.98. The molecular weight excluding hydrogens is 605 g/mol. The van der Waals surface area contributed by atoms with Gasteiger partial charge in [0, 0.05) is 33.5 Å². The lowest BCUT2D eigenvalue weighted by Crippen LogP contribution is -2.18. The Kier molecular flexibility index (Phi) is 9.98. The van der Waals surface area contributed by atoms with E-state index in [2.05, 4.69) is 183 Å². The van der Waals surface area contributed by atoms with Crippen LogP contribution in [0.25, 0.3) is 21.5 Å². The van der Waals surface area contributed by atoms with Crippen LogP contribution >= 0.6 is 0 Å². The second kappa shape index (κ2) is 15.0. The number of rotatable bonds is 12. The smallest absolute Gasteiger partial charge is 0.0788 e. The minimum atomic E-state index is 1.10. The van der Waals surface area contributed by atoms with Crippen LogP contribution in [0.4, 0.5) is 34.1 Å². The van der Waals surface area contributed by atoms with Crippen molar-refractivity contribution in [2.45, 2.75) is 66.2 Å². The number of anilines is 6. The highest BCUT2D eigenvalue weighted by Crippen LogP contribution is 2.53. The molecule has 0 spiro atoms. The molecular formula is C48H48N2. The van der Waals surface area contributed by atoms with Crippen molar-refractivity contribution in [1.29, 1.82) is 0 Å². The van der Waals surface area contributed by atoms with Crippen LogP contribution in [-0.4, -0.2) is 0 Å². The zero-order chi connectivity index (χ0) is 34.5. The molecule has 7 aromatic carbocycles. The van der Waals surface area contributed by atoms with E-state index in [1.54, 1.807) is 0 Å². The first-order chi connectivity index (χ1) is 24.6. The molecule has 0 radical (unpaired) electrons. The predicted molar refractivity (Wildman–Crippen MR) is 218 cm³/mol. The average molecular weight is 653 g/mol. The zero-order valence-electron chi connectivity index (χ0n) is 30.0. The first-order valence-corrected chi connectivity index (χ1v) is 18.4. The zero-order valence-corrected chi connectivity index (χ0v) is 30.0. The Bertz CT molecular complexity index is 2080. The number of benzene rings is 7. The summed E-state index contributed by atoms with van der Waals surface area (Å²) in [5.74, 6) is 0. The number of unbranched alkanes of at least 4 members (excludes halogenated alkanes) is 2. The molecule has 2 nitrogen and oxygen atoms in total. The third kappa shape index (κ3) is 6.76. The number of aryl methyl sites for hydroxylation is 4. The van der Waals surface area contributed by atoms with Crippen molar-refractivity contribution in [3.05, 3.63) is 168 Å². The lowest BCUT2D eigenvalue weighted by atomic mass is 9.95. The molecule has 0 N–H and O–H groups in total. The van der Waals surface area contributed by atoms with E-state index in [1.165, 1.54) is 75.2 Å². The third-order valence-corrected chi connectivity index (χ3v) is 9.94. The van der Waals surface area contributed by atoms with Gasteiger partial charge in [-0.1, -0.05) is 135 Å². The van der Waals surface area contributed by atoms with E-state index in [0.29, 0.717) is 0 Å². The molecule has 2 heteroatoms. The molecule has 0 aliphatic heterocycles. The fourth-order valence-electron chi connectivity index (χ4n) is 7.14. The highest BCUT2D eigenvalue weighted by atomic mass is 15.2. The first-order valence-electron chi connectivity index (χ1n) is 18.4. The van der Waals surface area contributed by atoms with Crippen molar-refractivity contribution in [2.24, 2.45) is 0 Å². The molecule has 0 amide bonds. The summed E-state index contributed by atoms with van der Waals surface area (Å²) in [6.45, 7) is 8.85. The minimum Gasteiger partial charge on any atom is -0.308 e. The quantitative estimate of drug-likeness (QED) is 0.0957. The molecule has 7 rings (SSSR count). The van der Waals surface area contributed by atoms with Crippen molar-refractivity contribution >= 4 is 55.7 Å². The van der Waals surface area contributed by atoms with Crippen molar-refractivity contribution < 1.29 is 0 Å². The normalized spacial score (nSPS) is 11.3. The Hall–Kier alpha value is -5.34. The lowest BCUT2D eigenvalue weighted by molar-refractivity contribution is 0.795. The van der Waals surface area contributed by atoms with Gasteiger partial charge in [-0.15, -0.1) is 0 Å².